The van der Waals surface area contributed by atoms with Gasteiger partial charge in [0.15, 0.2) is 0 Å². The number of fused-ring (bicyclic) bond motifs is 5. The van der Waals surface area contributed by atoms with Crippen LogP contribution in [0.15, 0.2) is 34.3 Å². The molecule has 0 heterocycles. The summed E-state index contributed by atoms with van der Waals surface area (Å²) in [5.41, 5.74) is 1.38. The van der Waals surface area contributed by atoms with E-state index in [4.69, 9.17) is 0 Å². The molecule has 1 aromatic carbocycles. The van der Waals surface area contributed by atoms with Gasteiger partial charge >= 0.3 is 0 Å². The summed E-state index contributed by atoms with van der Waals surface area (Å²) >= 11 is 0. The second-order valence-corrected chi connectivity index (χ2v) is 12.0. The van der Waals surface area contributed by atoms with Gasteiger partial charge < -0.3 is 5.11 Å². The molecule has 0 spiro atoms. The van der Waals surface area contributed by atoms with E-state index in [1.807, 2.05) is 6.92 Å². The third-order valence-corrected chi connectivity index (χ3v) is 9.20. The van der Waals surface area contributed by atoms with Gasteiger partial charge in [-0.1, -0.05) is 51.8 Å². The minimum absolute atomic E-state index is 0.109. The number of benzene rings is 1. The van der Waals surface area contributed by atoms with Crippen LogP contribution >= 0.6 is 0 Å². The maximum atomic E-state index is 12.8. The summed E-state index contributed by atoms with van der Waals surface area (Å²) in [6.45, 7) is 10.6. The van der Waals surface area contributed by atoms with Crippen molar-refractivity contribution in [1.82, 2.24) is 4.83 Å². The third kappa shape index (κ3) is 2.67. The van der Waals surface area contributed by atoms with Gasteiger partial charge in [-0.25, -0.2) is 4.83 Å². The van der Waals surface area contributed by atoms with Gasteiger partial charge in [0.1, 0.15) is 0 Å². The summed E-state index contributed by atoms with van der Waals surface area (Å²) < 4.78 is 25.5. The quantitative estimate of drug-likeness (QED) is 0.751. The molecule has 0 aromatic heterocycles. The van der Waals surface area contributed by atoms with E-state index in [-0.39, 0.29) is 33.2 Å². The molecule has 3 aliphatic carbocycles. The van der Waals surface area contributed by atoms with Crippen LogP contribution in [-0.2, 0) is 10.0 Å². The van der Waals surface area contributed by atoms with Crippen LogP contribution in [0.5, 0.6) is 0 Å². The monoisotopic (exact) mass is 404 g/mol. The van der Waals surface area contributed by atoms with Crippen molar-refractivity contribution >= 4 is 15.7 Å². The number of aliphatic hydroxyl groups excluding tert-OH is 1. The Balaban J connectivity index is 1.71. The van der Waals surface area contributed by atoms with Crippen LogP contribution < -0.4 is 4.83 Å². The van der Waals surface area contributed by atoms with Crippen LogP contribution in [0.1, 0.15) is 58.9 Å². The molecule has 3 aliphatic rings. The number of hydrazone groups is 1. The highest BCUT2D eigenvalue weighted by Gasteiger charge is 2.70. The molecule has 5 atom stereocenters. The molecular formula is C22H32N2O3S. The Kier molecular flexibility index (Phi) is 4.30. The van der Waals surface area contributed by atoms with E-state index < -0.39 is 10.0 Å². The summed E-state index contributed by atoms with van der Waals surface area (Å²) in [5, 5.41) is 15.7. The summed E-state index contributed by atoms with van der Waals surface area (Å²) in [7, 11) is -3.71. The standard InChI is InChI=1S/C22H32N2O3S/c1-14-7-9-15(10-8-14)28(26,27)24-23-18-17-16(13-20(18,2)3)21(4)11-6-12-22(17,5)19(21)25/h7-10,16-17,19,24-25H,6,11-13H2,1-5H3. The number of nitrogens with one attached hydrogen (secondary N) is 1. The maximum Gasteiger partial charge on any atom is 0.276 e. The molecule has 4 rings (SSSR count). The van der Waals surface area contributed by atoms with Gasteiger partial charge in [0.2, 0.25) is 0 Å². The van der Waals surface area contributed by atoms with E-state index in [1.165, 1.54) is 0 Å². The topological polar surface area (TPSA) is 78.8 Å². The Labute approximate surface area is 168 Å². The predicted octanol–water partition coefficient (Wildman–Crippen LogP) is 3.86. The molecule has 5 nitrogen and oxygen atoms in total. The number of aryl methyl sites for hydroxylation is 1. The van der Waals surface area contributed by atoms with E-state index >= 15 is 0 Å². The van der Waals surface area contributed by atoms with Crippen molar-refractivity contribution in [2.45, 2.75) is 71.3 Å². The van der Waals surface area contributed by atoms with Crippen LogP contribution in [-0.4, -0.2) is 25.3 Å². The van der Waals surface area contributed by atoms with E-state index in [0.717, 1.165) is 37.0 Å². The lowest BCUT2D eigenvalue weighted by Gasteiger charge is -2.44. The average molecular weight is 405 g/mol. The normalized spacial score (nSPS) is 40.5. The molecule has 0 aliphatic heterocycles. The molecule has 154 valence electrons. The Morgan fingerprint density at radius 1 is 1.07 bits per heavy atom. The second-order valence-electron chi connectivity index (χ2n) is 10.3. The molecule has 0 amide bonds. The number of hydrogen-bond donors (Lipinski definition) is 2. The highest BCUT2D eigenvalue weighted by Crippen LogP contribution is 2.70. The zero-order valence-electron chi connectivity index (χ0n) is 17.5. The van der Waals surface area contributed by atoms with E-state index in [2.05, 4.69) is 37.6 Å². The minimum Gasteiger partial charge on any atom is -0.392 e. The predicted molar refractivity (Wildman–Crippen MR) is 110 cm³/mol. The van der Waals surface area contributed by atoms with Gasteiger partial charge in [0.25, 0.3) is 10.0 Å². The molecule has 2 bridgehead atoms. The summed E-state index contributed by atoms with van der Waals surface area (Å²) in [4.78, 5) is 2.73. The lowest BCUT2D eigenvalue weighted by atomic mass is 9.63. The van der Waals surface area contributed by atoms with Gasteiger partial charge in [0.05, 0.1) is 11.0 Å². The van der Waals surface area contributed by atoms with Crippen LogP contribution in [0.25, 0.3) is 0 Å². The van der Waals surface area contributed by atoms with Crippen molar-refractivity contribution in [3.63, 3.8) is 0 Å². The largest absolute Gasteiger partial charge is 0.392 e. The average Bonchev–Trinajstić information content (AvgIpc) is 2.92. The van der Waals surface area contributed by atoms with Crippen molar-refractivity contribution in [2.75, 3.05) is 0 Å². The van der Waals surface area contributed by atoms with Crippen LogP contribution in [0.3, 0.4) is 0 Å². The first-order chi connectivity index (χ1) is 12.9. The fourth-order valence-electron chi connectivity index (χ4n) is 6.46. The van der Waals surface area contributed by atoms with Gasteiger partial charge in [-0.05, 0) is 49.7 Å². The van der Waals surface area contributed by atoms with Gasteiger partial charge in [-0.2, -0.15) is 13.5 Å². The van der Waals surface area contributed by atoms with Crippen molar-refractivity contribution in [3.05, 3.63) is 29.8 Å². The molecule has 0 radical (unpaired) electrons. The summed E-state index contributed by atoms with van der Waals surface area (Å²) in [6.07, 6.45) is 3.68. The minimum atomic E-state index is -3.71. The third-order valence-electron chi connectivity index (χ3n) is 7.98. The molecule has 28 heavy (non-hydrogen) atoms. The van der Waals surface area contributed by atoms with Crippen molar-refractivity contribution in [1.29, 1.82) is 0 Å². The smallest absolute Gasteiger partial charge is 0.276 e. The van der Waals surface area contributed by atoms with E-state index in [9.17, 15) is 13.5 Å². The second kappa shape index (κ2) is 6.05. The van der Waals surface area contributed by atoms with Gasteiger partial charge in [-0.15, -0.1) is 0 Å². The van der Waals surface area contributed by atoms with Crippen molar-refractivity contribution in [2.24, 2.45) is 33.2 Å². The molecule has 3 fully saturated rings. The lowest BCUT2D eigenvalue weighted by Crippen LogP contribution is -2.46. The van der Waals surface area contributed by atoms with Crippen LogP contribution in [0.4, 0.5) is 0 Å². The highest BCUT2D eigenvalue weighted by atomic mass is 32.2. The van der Waals surface area contributed by atoms with Gasteiger partial charge in [-0.3, -0.25) is 0 Å². The zero-order chi connectivity index (χ0) is 20.5. The molecule has 0 saturated heterocycles. The number of nitrogens with zero attached hydrogens (tertiary/aromatic N) is 1. The van der Waals surface area contributed by atoms with Crippen LogP contribution in [0, 0.1) is 35.0 Å². The van der Waals surface area contributed by atoms with Gasteiger partial charge in [0, 0.05) is 22.5 Å². The van der Waals surface area contributed by atoms with E-state index in [0.29, 0.717) is 5.92 Å². The molecular weight excluding hydrogens is 372 g/mol. The fourth-order valence-corrected chi connectivity index (χ4v) is 7.28. The zero-order valence-corrected chi connectivity index (χ0v) is 18.3. The van der Waals surface area contributed by atoms with Crippen molar-refractivity contribution in [3.8, 4) is 0 Å². The molecule has 2 N–H and O–H groups in total. The Morgan fingerprint density at radius 2 is 1.68 bits per heavy atom. The maximum absolute atomic E-state index is 12.8. The lowest BCUT2D eigenvalue weighted by molar-refractivity contribution is -0.0578. The number of sulfonamides is 1. The number of hydrogen-bond acceptors (Lipinski definition) is 4. The first-order valence-electron chi connectivity index (χ1n) is 10.3. The molecule has 6 heteroatoms. The Bertz CT molecular complexity index is 922. The Hall–Kier alpha value is -1.40. The molecule has 5 unspecified atom stereocenters. The van der Waals surface area contributed by atoms with Crippen LogP contribution in [0.2, 0.25) is 0 Å². The summed E-state index contributed by atoms with van der Waals surface area (Å²) in [5.74, 6) is 0.457. The fraction of sp³-hybridized carbons (Fsp3) is 0.682. The first-order valence-corrected chi connectivity index (χ1v) is 11.7. The van der Waals surface area contributed by atoms with Crippen molar-refractivity contribution < 1.29 is 13.5 Å². The molecule has 3 saturated carbocycles. The molecule has 1 aromatic rings. The van der Waals surface area contributed by atoms with E-state index in [1.54, 1.807) is 24.3 Å². The first kappa shape index (κ1) is 19.9. The summed E-state index contributed by atoms with van der Waals surface area (Å²) in [6, 6.07) is 6.79. The SMILES string of the molecule is Cc1ccc(S(=O)(=O)NN=C2C3C(CC2(C)C)C2(C)CCCC3(C)C2O)cc1. The number of aliphatic hydroxyl groups is 1. The highest BCUT2D eigenvalue weighted by molar-refractivity contribution is 7.89. The number of rotatable bonds is 3. The Morgan fingerprint density at radius 3 is 2.32 bits per heavy atom.